The van der Waals surface area contributed by atoms with E-state index >= 15 is 0 Å². The SMILES string of the molecule is CCOc1ccccc1CN(C)C(=O)CC(CN)OC. The number of benzene rings is 1. The molecule has 0 fully saturated rings. The molecule has 1 aromatic carbocycles. The fourth-order valence-corrected chi connectivity index (χ4v) is 1.89. The second-order valence-electron chi connectivity index (χ2n) is 4.59. The van der Waals surface area contributed by atoms with Gasteiger partial charge >= 0.3 is 0 Å². The largest absolute Gasteiger partial charge is 0.494 e. The second-order valence-corrected chi connectivity index (χ2v) is 4.59. The van der Waals surface area contributed by atoms with Gasteiger partial charge in [-0.25, -0.2) is 0 Å². The zero-order valence-corrected chi connectivity index (χ0v) is 12.5. The van der Waals surface area contributed by atoms with E-state index in [-0.39, 0.29) is 12.0 Å². The molecular weight excluding hydrogens is 256 g/mol. The molecule has 5 nitrogen and oxygen atoms in total. The average molecular weight is 280 g/mol. The molecule has 0 bridgehead atoms. The first-order chi connectivity index (χ1) is 9.62. The van der Waals surface area contributed by atoms with Crippen LogP contribution in [0, 0.1) is 0 Å². The summed E-state index contributed by atoms with van der Waals surface area (Å²) in [6.45, 7) is 3.39. The molecule has 2 N–H and O–H groups in total. The molecule has 0 aliphatic carbocycles. The number of hydrogen-bond donors (Lipinski definition) is 1. The third-order valence-corrected chi connectivity index (χ3v) is 3.10. The lowest BCUT2D eigenvalue weighted by Crippen LogP contribution is -2.33. The van der Waals surface area contributed by atoms with Crippen LogP contribution in [0.3, 0.4) is 0 Å². The predicted octanol–water partition coefficient (Wildman–Crippen LogP) is 1.41. The quantitative estimate of drug-likeness (QED) is 0.782. The number of hydrogen-bond acceptors (Lipinski definition) is 4. The van der Waals surface area contributed by atoms with Gasteiger partial charge in [-0.1, -0.05) is 18.2 Å². The topological polar surface area (TPSA) is 64.8 Å². The number of ether oxygens (including phenoxy) is 2. The lowest BCUT2D eigenvalue weighted by molar-refractivity contribution is -0.132. The molecule has 1 atom stereocenters. The summed E-state index contributed by atoms with van der Waals surface area (Å²) in [4.78, 5) is 13.8. The van der Waals surface area contributed by atoms with Gasteiger partial charge in [0.15, 0.2) is 0 Å². The third-order valence-electron chi connectivity index (χ3n) is 3.10. The summed E-state index contributed by atoms with van der Waals surface area (Å²) in [5.74, 6) is 0.824. The number of rotatable bonds is 8. The Kier molecular flexibility index (Phi) is 7.04. The van der Waals surface area contributed by atoms with Crippen LogP contribution in [0.25, 0.3) is 0 Å². The van der Waals surface area contributed by atoms with Crippen LogP contribution in [-0.2, 0) is 16.1 Å². The van der Waals surface area contributed by atoms with Gasteiger partial charge in [-0.05, 0) is 13.0 Å². The summed E-state index contributed by atoms with van der Waals surface area (Å²) < 4.78 is 10.7. The summed E-state index contributed by atoms with van der Waals surface area (Å²) in [7, 11) is 3.34. The van der Waals surface area contributed by atoms with Gasteiger partial charge in [0.1, 0.15) is 5.75 Å². The minimum absolute atomic E-state index is 0.00796. The minimum atomic E-state index is -0.230. The molecule has 0 heterocycles. The molecule has 0 aromatic heterocycles. The molecule has 0 aliphatic rings. The molecule has 20 heavy (non-hydrogen) atoms. The molecule has 5 heteroatoms. The predicted molar refractivity (Wildman–Crippen MR) is 78.6 cm³/mol. The lowest BCUT2D eigenvalue weighted by Gasteiger charge is -2.21. The van der Waals surface area contributed by atoms with Crippen LogP contribution in [0.1, 0.15) is 18.9 Å². The van der Waals surface area contributed by atoms with Crippen LogP contribution >= 0.6 is 0 Å². The Hall–Kier alpha value is -1.59. The maximum absolute atomic E-state index is 12.1. The Morgan fingerprint density at radius 2 is 2.10 bits per heavy atom. The van der Waals surface area contributed by atoms with Crippen molar-refractivity contribution in [3.8, 4) is 5.75 Å². The smallest absolute Gasteiger partial charge is 0.225 e. The fourth-order valence-electron chi connectivity index (χ4n) is 1.89. The van der Waals surface area contributed by atoms with Crippen molar-refractivity contribution in [2.24, 2.45) is 5.73 Å². The minimum Gasteiger partial charge on any atom is -0.494 e. The van der Waals surface area contributed by atoms with Crippen molar-refractivity contribution in [3.63, 3.8) is 0 Å². The van der Waals surface area contributed by atoms with Gasteiger partial charge in [-0.2, -0.15) is 0 Å². The first-order valence-electron chi connectivity index (χ1n) is 6.79. The third kappa shape index (κ3) is 4.83. The van der Waals surface area contributed by atoms with E-state index in [0.717, 1.165) is 11.3 Å². The average Bonchev–Trinajstić information content (AvgIpc) is 2.46. The van der Waals surface area contributed by atoms with E-state index in [1.165, 1.54) is 0 Å². The maximum atomic E-state index is 12.1. The van der Waals surface area contributed by atoms with Crippen molar-refractivity contribution >= 4 is 5.91 Å². The van der Waals surface area contributed by atoms with Crippen molar-refractivity contribution < 1.29 is 14.3 Å². The molecule has 1 unspecified atom stereocenters. The van der Waals surface area contributed by atoms with Crippen molar-refractivity contribution in [3.05, 3.63) is 29.8 Å². The molecule has 0 spiro atoms. The van der Waals surface area contributed by atoms with E-state index in [1.54, 1.807) is 19.1 Å². The second kappa shape index (κ2) is 8.55. The number of nitrogens with zero attached hydrogens (tertiary/aromatic N) is 1. The van der Waals surface area contributed by atoms with Gasteiger partial charge in [0.25, 0.3) is 0 Å². The molecule has 1 aromatic rings. The van der Waals surface area contributed by atoms with Crippen LogP contribution in [0.2, 0.25) is 0 Å². The van der Waals surface area contributed by atoms with Crippen LogP contribution in [0.5, 0.6) is 5.75 Å². The molecule has 1 rings (SSSR count). The van der Waals surface area contributed by atoms with E-state index in [1.807, 2.05) is 31.2 Å². The van der Waals surface area contributed by atoms with Gasteiger partial charge in [0, 0.05) is 32.8 Å². The molecule has 1 amide bonds. The van der Waals surface area contributed by atoms with E-state index in [9.17, 15) is 4.79 Å². The van der Waals surface area contributed by atoms with E-state index in [4.69, 9.17) is 15.2 Å². The summed E-state index contributed by atoms with van der Waals surface area (Å²) >= 11 is 0. The Morgan fingerprint density at radius 1 is 1.40 bits per heavy atom. The normalized spacial score (nSPS) is 12.0. The highest BCUT2D eigenvalue weighted by atomic mass is 16.5. The number of carbonyl (C=O) groups is 1. The standard InChI is InChI=1S/C15H24N2O3/c1-4-20-14-8-6-5-7-12(14)11-17(2)15(18)9-13(10-16)19-3/h5-8,13H,4,9-11,16H2,1-3H3. The van der Waals surface area contributed by atoms with E-state index < -0.39 is 0 Å². The first kappa shape index (κ1) is 16.5. The zero-order valence-electron chi connectivity index (χ0n) is 12.5. The molecule has 0 saturated heterocycles. The van der Waals surface area contributed by atoms with Crippen LogP contribution in [0.15, 0.2) is 24.3 Å². The Bertz CT molecular complexity index is 419. The summed E-state index contributed by atoms with van der Waals surface area (Å²) in [6, 6.07) is 7.74. The molecular formula is C15H24N2O3. The number of para-hydroxylation sites is 1. The van der Waals surface area contributed by atoms with Crippen molar-refractivity contribution in [2.45, 2.75) is 26.0 Å². The highest BCUT2D eigenvalue weighted by Gasteiger charge is 2.16. The molecule has 0 saturated carbocycles. The monoisotopic (exact) mass is 280 g/mol. The summed E-state index contributed by atoms with van der Waals surface area (Å²) in [5.41, 5.74) is 6.52. The van der Waals surface area contributed by atoms with Crippen molar-refractivity contribution in [1.82, 2.24) is 4.90 Å². The van der Waals surface area contributed by atoms with Gasteiger partial charge in [-0.15, -0.1) is 0 Å². The number of methoxy groups -OCH3 is 1. The van der Waals surface area contributed by atoms with Crippen LogP contribution in [-0.4, -0.2) is 44.2 Å². The highest BCUT2D eigenvalue weighted by molar-refractivity contribution is 5.76. The van der Waals surface area contributed by atoms with Crippen molar-refractivity contribution in [1.29, 1.82) is 0 Å². The summed E-state index contributed by atoms with van der Waals surface area (Å²) in [5, 5.41) is 0. The van der Waals surface area contributed by atoms with E-state index in [2.05, 4.69) is 0 Å². The van der Waals surface area contributed by atoms with Gasteiger partial charge in [0.2, 0.25) is 5.91 Å². The van der Waals surface area contributed by atoms with Gasteiger partial charge in [0.05, 0.1) is 19.1 Å². The zero-order chi connectivity index (χ0) is 15.0. The molecule has 112 valence electrons. The van der Waals surface area contributed by atoms with Gasteiger partial charge in [-0.3, -0.25) is 4.79 Å². The highest BCUT2D eigenvalue weighted by Crippen LogP contribution is 2.19. The maximum Gasteiger partial charge on any atom is 0.225 e. The van der Waals surface area contributed by atoms with Crippen molar-refractivity contribution in [2.75, 3.05) is 27.3 Å². The Balaban J connectivity index is 2.65. The lowest BCUT2D eigenvalue weighted by atomic mass is 10.1. The van der Waals surface area contributed by atoms with Crippen LogP contribution in [0.4, 0.5) is 0 Å². The van der Waals surface area contributed by atoms with Crippen LogP contribution < -0.4 is 10.5 Å². The number of amides is 1. The number of nitrogens with two attached hydrogens (primary N) is 1. The van der Waals surface area contributed by atoms with Gasteiger partial charge < -0.3 is 20.1 Å². The van der Waals surface area contributed by atoms with E-state index in [0.29, 0.717) is 26.1 Å². The summed E-state index contributed by atoms with van der Waals surface area (Å²) in [6.07, 6.45) is 0.0624. The fraction of sp³-hybridized carbons (Fsp3) is 0.533. The number of carbonyl (C=O) groups excluding carboxylic acids is 1. The molecule has 0 radical (unpaired) electrons. The Labute approximate surface area is 120 Å². The first-order valence-corrected chi connectivity index (χ1v) is 6.79. The molecule has 0 aliphatic heterocycles. The Morgan fingerprint density at radius 3 is 2.70 bits per heavy atom.